The molecule has 0 bridgehead atoms. The van der Waals surface area contributed by atoms with Crippen molar-refractivity contribution in [3.05, 3.63) is 41.3 Å². The maximum atomic E-state index is 12.0. The topological polar surface area (TPSA) is 105 Å². The Kier molecular flexibility index (Phi) is 4.22. The molecule has 0 saturated carbocycles. The van der Waals surface area contributed by atoms with E-state index in [2.05, 4.69) is 25.7 Å². The lowest BCUT2D eigenvalue weighted by Crippen LogP contribution is -2.37. The number of hydrogen-bond donors (Lipinski definition) is 3. The van der Waals surface area contributed by atoms with Gasteiger partial charge in [0.25, 0.3) is 0 Å². The molecule has 0 unspecified atom stereocenters. The molecule has 3 N–H and O–H groups in total. The van der Waals surface area contributed by atoms with Crippen molar-refractivity contribution in [2.45, 2.75) is 13.0 Å². The highest BCUT2D eigenvalue weighted by Gasteiger charge is 2.20. The zero-order chi connectivity index (χ0) is 17.3. The molecule has 1 aromatic carbocycles. The van der Waals surface area contributed by atoms with Gasteiger partial charge in [-0.2, -0.15) is 5.10 Å². The molecule has 0 fully saturated rings. The molecule has 24 heavy (non-hydrogen) atoms. The number of imidazole rings is 1. The van der Waals surface area contributed by atoms with Crippen molar-refractivity contribution in [2.24, 2.45) is 7.05 Å². The predicted octanol–water partition coefficient (Wildman–Crippen LogP) is 1.77. The number of carbonyl (C=O) groups excluding carboxylic acids is 2. The third kappa shape index (κ3) is 3.38. The molecular formula is C15H15ClN6O2. The minimum atomic E-state index is -0.792. The second-order valence-corrected chi connectivity index (χ2v) is 5.74. The van der Waals surface area contributed by atoms with Crippen molar-refractivity contribution in [1.29, 1.82) is 0 Å². The minimum Gasteiger partial charge on any atom is -0.340 e. The maximum absolute atomic E-state index is 12.0. The molecule has 0 saturated heterocycles. The second-order valence-electron chi connectivity index (χ2n) is 5.31. The van der Waals surface area contributed by atoms with E-state index in [-0.39, 0.29) is 0 Å². The summed E-state index contributed by atoms with van der Waals surface area (Å²) >= 11 is 5.93. The monoisotopic (exact) mass is 346 g/mol. The first-order valence-corrected chi connectivity index (χ1v) is 7.57. The molecule has 0 aliphatic rings. The summed E-state index contributed by atoms with van der Waals surface area (Å²) < 4.78 is 1.52. The molecule has 0 aliphatic heterocycles. The molecular weight excluding hydrogens is 332 g/mol. The van der Waals surface area contributed by atoms with Gasteiger partial charge in [-0.25, -0.2) is 4.98 Å². The molecule has 2 amide bonds. The minimum absolute atomic E-state index is 0.309. The lowest BCUT2D eigenvalue weighted by atomic mass is 10.3. The first-order valence-electron chi connectivity index (χ1n) is 7.19. The molecule has 0 spiro atoms. The molecule has 9 heteroatoms. The lowest BCUT2D eigenvalue weighted by Gasteiger charge is -2.10. The quantitative estimate of drug-likeness (QED) is 0.628. The van der Waals surface area contributed by atoms with Crippen LogP contribution >= 0.6 is 11.6 Å². The number of nitrogens with one attached hydrogen (secondary N) is 3. The van der Waals surface area contributed by atoms with Gasteiger partial charge < -0.3 is 15.6 Å². The highest BCUT2D eigenvalue weighted by Crippen LogP contribution is 2.19. The number of anilines is 1. The molecule has 0 aliphatic carbocycles. The molecule has 8 nitrogen and oxygen atoms in total. The number of hydrogen-bond acceptors (Lipinski definition) is 4. The lowest BCUT2D eigenvalue weighted by molar-refractivity contribution is -0.136. The zero-order valence-corrected chi connectivity index (χ0v) is 13.8. The standard InChI is InChI=1S/C15H15ClN6O2/c1-8(13-18-10-4-3-9(16)7-11(10)19-13)17-14(23)15(24)20-12-5-6-22(2)21-12/h3-8H,1-2H3,(H,17,23)(H,18,19)(H,20,21,24)/t8-/m0/s1. The van der Waals surface area contributed by atoms with Crippen molar-refractivity contribution in [2.75, 3.05) is 5.32 Å². The highest BCUT2D eigenvalue weighted by molar-refractivity contribution is 6.39. The number of rotatable bonds is 3. The molecule has 1 atom stereocenters. The summed E-state index contributed by atoms with van der Waals surface area (Å²) in [6, 6.07) is 6.38. The Balaban J connectivity index is 1.67. The van der Waals surface area contributed by atoms with E-state index < -0.39 is 17.9 Å². The van der Waals surface area contributed by atoms with Gasteiger partial charge in [-0.05, 0) is 25.1 Å². The van der Waals surface area contributed by atoms with Gasteiger partial charge in [0.2, 0.25) is 0 Å². The Morgan fingerprint density at radius 1 is 1.29 bits per heavy atom. The zero-order valence-electron chi connectivity index (χ0n) is 13.0. The van der Waals surface area contributed by atoms with Gasteiger partial charge in [-0.3, -0.25) is 14.3 Å². The number of H-pyrrole nitrogens is 1. The van der Waals surface area contributed by atoms with Crippen LogP contribution in [0.5, 0.6) is 0 Å². The number of amides is 2. The van der Waals surface area contributed by atoms with Crippen molar-refractivity contribution in [3.63, 3.8) is 0 Å². The fourth-order valence-electron chi connectivity index (χ4n) is 2.19. The van der Waals surface area contributed by atoms with Crippen LogP contribution in [-0.2, 0) is 16.6 Å². The van der Waals surface area contributed by atoms with Gasteiger partial charge in [0.1, 0.15) is 5.82 Å². The highest BCUT2D eigenvalue weighted by atomic mass is 35.5. The summed E-state index contributed by atoms with van der Waals surface area (Å²) in [6.45, 7) is 1.73. The predicted molar refractivity (Wildman–Crippen MR) is 89.5 cm³/mol. The summed E-state index contributed by atoms with van der Waals surface area (Å²) in [5, 5.41) is 9.58. The SMILES string of the molecule is C[C@H](NC(=O)C(=O)Nc1ccn(C)n1)c1nc2ccc(Cl)cc2[nH]1. The molecule has 2 aromatic heterocycles. The van der Waals surface area contributed by atoms with Crippen LogP contribution < -0.4 is 10.6 Å². The number of aromatic nitrogens is 4. The summed E-state index contributed by atoms with van der Waals surface area (Å²) in [7, 11) is 1.71. The average Bonchev–Trinajstić information content (AvgIpc) is 3.12. The van der Waals surface area contributed by atoms with Crippen molar-refractivity contribution >= 4 is 40.3 Å². The van der Waals surface area contributed by atoms with Crippen LogP contribution in [0.25, 0.3) is 11.0 Å². The molecule has 124 valence electrons. The van der Waals surface area contributed by atoms with Crippen LogP contribution in [0.4, 0.5) is 5.82 Å². The summed E-state index contributed by atoms with van der Waals surface area (Å²) in [6.07, 6.45) is 1.66. The van der Waals surface area contributed by atoms with Crippen LogP contribution in [-0.4, -0.2) is 31.6 Å². The number of halogens is 1. The summed E-state index contributed by atoms with van der Waals surface area (Å²) in [5.41, 5.74) is 1.49. The first kappa shape index (κ1) is 16.0. The van der Waals surface area contributed by atoms with E-state index in [0.29, 0.717) is 16.7 Å². The van der Waals surface area contributed by atoms with Gasteiger partial charge in [-0.15, -0.1) is 0 Å². The third-order valence-electron chi connectivity index (χ3n) is 3.38. The van der Waals surface area contributed by atoms with Gasteiger partial charge in [-0.1, -0.05) is 11.6 Å². The number of benzene rings is 1. The smallest absolute Gasteiger partial charge is 0.314 e. The second kappa shape index (κ2) is 6.32. The average molecular weight is 347 g/mol. The van der Waals surface area contributed by atoms with Crippen molar-refractivity contribution in [3.8, 4) is 0 Å². The Morgan fingerprint density at radius 2 is 2.08 bits per heavy atom. The van der Waals surface area contributed by atoms with Crippen LogP contribution in [0.1, 0.15) is 18.8 Å². The van der Waals surface area contributed by atoms with Crippen molar-refractivity contribution in [1.82, 2.24) is 25.1 Å². The van der Waals surface area contributed by atoms with Gasteiger partial charge in [0.15, 0.2) is 5.82 Å². The van der Waals surface area contributed by atoms with Crippen LogP contribution in [0.3, 0.4) is 0 Å². The number of carbonyl (C=O) groups is 2. The molecule has 3 aromatic rings. The number of aryl methyl sites for hydroxylation is 1. The Bertz CT molecular complexity index is 916. The van der Waals surface area contributed by atoms with E-state index in [1.165, 1.54) is 4.68 Å². The van der Waals surface area contributed by atoms with Gasteiger partial charge in [0, 0.05) is 24.3 Å². The van der Waals surface area contributed by atoms with E-state index in [0.717, 1.165) is 11.0 Å². The number of aromatic amines is 1. The Hall–Kier alpha value is -2.87. The van der Waals surface area contributed by atoms with E-state index in [1.807, 2.05) is 0 Å². The normalized spacial score (nSPS) is 12.1. The third-order valence-corrected chi connectivity index (χ3v) is 3.62. The Labute approximate surface area is 142 Å². The fraction of sp³-hybridized carbons (Fsp3) is 0.200. The summed E-state index contributed by atoms with van der Waals surface area (Å²) in [5.74, 6) is -0.721. The number of nitrogens with zero attached hydrogens (tertiary/aromatic N) is 3. The fourth-order valence-corrected chi connectivity index (χ4v) is 2.36. The first-order chi connectivity index (χ1) is 11.4. The van der Waals surface area contributed by atoms with Crippen LogP contribution in [0.2, 0.25) is 5.02 Å². The van der Waals surface area contributed by atoms with E-state index in [9.17, 15) is 9.59 Å². The van der Waals surface area contributed by atoms with E-state index in [1.54, 1.807) is 44.4 Å². The molecule has 2 heterocycles. The Morgan fingerprint density at radius 3 is 2.79 bits per heavy atom. The van der Waals surface area contributed by atoms with E-state index >= 15 is 0 Å². The van der Waals surface area contributed by atoms with E-state index in [4.69, 9.17) is 11.6 Å². The van der Waals surface area contributed by atoms with Gasteiger partial charge in [0.05, 0.1) is 17.1 Å². The molecule has 3 rings (SSSR count). The van der Waals surface area contributed by atoms with Crippen LogP contribution in [0, 0.1) is 0 Å². The van der Waals surface area contributed by atoms with Gasteiger partial charge >= 0.3 is 11.8 Å². The summed E-state index contributed by atoms with van der Waals surface area (Å²) in [4.78, 5) is 31.3. The van der Waals surface area contributed by atoms with Crippen molar-refractivity contribution < 1.29 is 9.59 Å². The maximum Gasteiger partial charge on any atom is 0.314 e. The molecule has 0 radical (unpaired) electrons. The number of fused-ring (bicyclic) bond motifs is 1. The largest absolute Gasteiger partial charge is 0.340 e. The van der Waals surface area contributed by atoms with Crippen LogP contribution in [0.15, 0.2) is 30.5 Å².